The molecule has 0 radical (unpaired) electrons. The highest BCUT2D eigenvalue weighted by molar-refractivity contribution is 6.30. The normalized spacial score (nSPS) is 12.4. The summed E-state index contributed by atoms with van der Waals surface area (Å²) in [6.07, 6.45) is 0.125. The topological polar surface area (TPSA) is 80.4 Å². The Balaban J connectivity index is 3.10. The molecule has 0 bridgehead atoms. The second-order valence-corrected chi connectivity index (χ2v) is 4.86. The summed E-state index contributed by atoms with van der Waals surface area (Å²) >= 11 is 5.70. The Morgan fingerprint density at radius 3 is 2.56 bits per heavy atom. The van der Waals surface area contributed by atoms with Gasteiger partial charge in [0.15, 0.2) is 0 Å². The van der Waals surface area contributed by atoms with E-state index in [-0.39, 0.29) is 23.0 Å². The van der Waals surface area contributed by atoms with E-state index in [1.54, 1.807) is 13.8 Å². The van der Waals surface area contributed by atoms with Crippen molar-refractivity contribution in [2.45, 2.75) is 20.3 Å². The Bertz CT molecular complexity index is 473. The molecule has 0 aromatic heterocycles. The van der Waals surface area contributed by atoms with Gasteiger partial charge in [-0.1, -0.05) is 31.5 Å². The van der Waals surface area contributed by atoms with Gasteiger partial charge in [-0.25, -0.2) is 0 Å². The second-order valence-electron chi connectivity index (χ2n) is 4.42. The average molecular weight is 272 g/mol. The molecule has 0 amide bonds. The van der Waals surface area contributed by atoms with Gasteiger partial charge in [0.05, 0.1) is 10.8 Å². The molecule has 98 valence electrons. The van der Waals surface area contributed by atoms with Gasteiger partial charge in [-0.15, -0.1) is 0 Å². The molecule has 0 spiro atoms. The lowest BCUT2D eigenvalue weighted by atomic mass is 9.89. The Hall–Kier alpha value is -1.62. The number of nitrogens with zero attached hydrogens (tertiary/aromatic N) is 1. The van der Waals surface area contributed by atoms with Crippen molar-refractivity contribution < 1.29 is 14.8 Å². The van der Waals surface area contributed by atoms with Crippen molar-refractivity contribution in [1.29, 1.82) is 0 Å². The van der Waals surface area contributed by atoms with Crippen molar-refractivity contribution in [2.24, 2.45) is 11.8 Å². The highest BCUT2D eigenvalue weighted by Crippen LogP contribution is 2.27. The second kappa shape index (κ2) is 5.82. The number of benzene rings is 1. The molecule has 0 aliphatic rings. The van der Waals surface area contributed by atoms with E-state index in [0.29, 0.717) is 5.56 Å². The lowest BCUT2D eigenvalue weighted by Gasteiger charge is -2.16. The van der Waals surface area contributed by atoms with E-state index < -0.39 is 16.8 Å². The van der Waals surface area contributed by atoms with Crippen LogP contribution in [0.15, 0.2) is 18.2 Å². The van der Waals surface area contributed by atoms with Crippen molar-refractivity contribution in [3.63, 3.8) is 0 Å². The van der Waals surface area contributed by atoms with Gasteiger partial charge < -0.3 is 5.11 Å². The summed E-state index contributed by atoms with van der Waals surface area (Å²) in [5.41, 5.74) is 0.264. The summed E-state index contributed by atoms with van der Waals surface area (Å²) in [6, 6.07) is 4.29. The van der Waals surface area contributed by atoms with Gasteiger partial charge in [0.25, 0.3) is 5.69 Å². The molecule has 0 aliphatic carbocycles. The Labute approximate surface area is 110 Å². The molecule has 1 aromatic carbocycles. The minimum atomic E-state index is -0.950. The van der Waals surface area contributed by atoms with E-state index in [4.69, 9.17) is 16.7 Å². The summed E-state index contributed by atoms with van der Waals surface area (Å²) < 4.78 is 0. The van der Waals surface area contributed by atoms with Gasteiger partial charge in [0.1, 0.15) is 0 Å². The van der Waals surface area contributed by atoms with E-state index in [0.717, 1.165) is 0 Å². The zero-order chi connectivity index (χ0) is 13.9. The molecule has 5 nitrogen and oxygen atoms in total. The van der Waals surface area contributed by atoms with Crippen molar-refractivity contribution in [3.05, 3.63) is 38.9 Å². The van der Waals surface area contributed by atoms with E-state index >= 15 is 0 Å². The Morgan fingerprint density at radius 2 is 2.11 bits per heavy atom. The van der Waals surface area contributed by atoms with Crippen LogP contribution in [0.1, 0.15) is 19.4 Å². The van der Waals surface area contributed by atoms with Crippen LogP contribution in [-0.4, -0.2) is 16.0 Å². The van der Waals surface area contributed by atoms with Gasteiger partial charge in [-0.2, -0.15) is 0 Å². The molecule has 0 saturated carbocycles. The molecule has 1 rings (SSSR count). The molecular formula is C12H14ClNO4. The summed E-state index contributed by atoms with van der Waals surface area (Å²) in [4.78, 5) is 21.5. The predicted molar refractivity (Wildman–Crippen MR) is 67.8 cm³/mol. The summed E-state index contributed by atoms with van der Waals surface area (Å²) in [7, 11) is 0. The lowest BCUT2D eigenvalue weighted by Crippen LogP contribution is -2.22. The van der Waals surface area contributed by atoms with E-state index in [9.17, 15) is 14.9 Å². The number of carbonyl (C=O) groups is 1. The molecule has 1 unspecified atom stereocenters. The number of halogens is 1. The number of hydrogen-bond donors (Lipinski definition) is 1. The first kappa shape index (κ1) is 14.4. The van der Waals surface area contributed by atoms with Crippen molar-refractivity contribution in [3.8, 4) is 0 Å². The highest BCUT2D eigenvalue weighted by atomic mass is 35.5. The first-order chi connectivity index (χ1) is 8.32. The molecule has 1 N–H and O–H groups in total. The van der Waals surface area contributed by atoms with Crippen LogP contribution in [0, 0.1) is 22.0 Å². The number of carboxylic acids is 1. The Kier molecular flexibility index (Phi) is 4.67. The summed E-state index contributed by atoms with van der Waals surface area (Å²) in [5.74, 6) is -1.70. The molecule has 1 aromatic rings. The fraction of sp³-hybridized carbons (Fsp3) is 0.417. The van der Waals surface area contributed by atoms with Crippen LogP contribution >= 0.6 is 11.6 Å². The lowest BCUT2D eigenvalue weighted by molar-refractivity contribution is -0.385. The third-order valence-electron chi connectivity index (χ3n) is 2.81. The number of nitro benzene ring substituents is 1. The zero-order valence-corrected chi connectivity index (χ0v) is 10.8. The van der Waals surface area contributed by atoms with Gasteiger partial charge in [0, 0.05) is 16.7 Å². The molecular weight excluding hydrogens is 258 g/mol. The van der Waals surface area contributed by atoms with Gasteiger partial charge in [-0.05, 0) is 18.4 Å². The Morgan fingerprint density at radius 1 is 1.50 bits per heavy atom. The molecule has 1 atom stereocenters. The SMILES string of the molecule is CC(C)C(Cc1ccc(Cl)cc1[N+](=O)[O-])C(=O)O. The maximum atomic E-state index is 11.1. The monoisotopic (exact) mass is 271 g/mol. The van der Waals surface area contributed by atoms with Gasteiger partial charge >= 0.3 is 5.97 Å². The number of hydrogen-bond acceptors (Lipinski definition) is 3. The first-order valence-corrected chi connectivity index (χ1v) is 5.86. The molecule has 6 heteroatoms. The first-order valence-electron chi connectivity index (χ1n) is 5.48. The molecule has 0 aliphatic heterocycles. The fourth-order valence-corrected chi connectivity index (χ4v) is 1.89. The number of nitro groups is 1. The molecule has 18 heavy (non-hydrogen) atoms. The maximum Gasteiger partial charge on any atom is 0.307 e. The van der Waals surface area contributed by atoms with Gasteiger partial charge in [-0.3, -0.25) is 14.9 Å². The third-order valence-corrected chi connectivity index (χ3v) is 3.04. The smallest absolute Gasteiger partial charge is 0.307 e. The van der Waals surface area contributed by atoms with Crippen LogP contribution < -0.4 is 0 Å². The fourth-order valence-electron chi connectivity index (χ4n) is 1.72. The zero-order valence-electron chi connectivity index (χ0n) is 10.1. The van der Waals surface area contributed by atoms with E-state index in [1.165, 1.54) is 18.2 Å². The van der Waals surface area contributed by atoms with Crippen LogP contribution in [-0.2, 0) is 11.2 Å². The van der Waals surface area contributed by atoms with Crippen LogP contribution in [0.2, 0.25) is 5.02 Å². The van der Waals surface area contributed by atoms with Crippen LogP contribution in [0.4, 0.5) is 5.69 Å². The largest absolute Gasteiger partial charge is 0.481 e. The number of carboxylic acid groups (broad SMARTS) is 1. The summed E-state index contributed by atoms with van der Waals surface area (Å²) in [5, 5.41) is 20.3. The molecule has 0 fully saturated rings. The standard InChI is InChI=1S/C12H14ClNO4/c1-7(2)10(12(15)16)5-8-3-4-9(13)6-11(8)14(17)18/h3-4,6-7,10H,5H2,1-2H3,(H,15,16). The minimum Gasteiger partial charge on any atom is -0.481 e. The van der Waals surface area contributed by atoms with Crippen LogP contribution in [0.25, 0.3) is 0 Å². The predicted octanol–water partition coefficient (Wildman–Crippen LogP) is 3.15. The molecule has 0 saturated heterocycles. The number of aliphatic carboxylic acids is 1. The third kappa shape index (κ3) is 3.43. The van der Waals surface area contributed by atoms with Crippen LogP contribution in [0.3, 0.4) is 0 Å². The average Bonchev–Trinajstić information content (AvgIpc) is 2.25. The molecule has 0 heterocycles. The quantitative estimate of drug-likeness (QED) is 0.659. The van der Waals surface area contributed by atoms with Crippen molar-refractivity contribution in [1.82, 2.24) is 0 Å². The van der Waals surface area contributed by atoms with Crippen molar-refractivity contribution in [2.75, 3.05) is 0 Å². The van der Waals surface area contributed by atoms with Crippen molar-refractivity contribution >= 4 is 23.3 Å². The number of rotatable bonds is 5. The van der Waals surface area contributed by atoms with E-state index in [2.05, 4.69) is 0 Å². The minimum absolute atomic E-state index is 0.0993. The van der Waals surface area contributed by atoms with E-state index in [1.807, 2.05) is 0 Å². The highest BCUT2D eigenvalue weighted by Gasteiger charge is 2.25. The van der Waals surface area contributed by atoms with Gasteiger partial charge in [0.2, 0.25) is 0 Å². The summed E-state index contributed by atoms with van der Waals surface area (Å²) in [6.45, 7) is 3.56. The van der Waals surface area contributed by atoms with Crippen LogP contribution in [0.5, 0.6) is 0 Å². The maximum absolute atomic E-state index is 11.1.